The van der Waals surface area contributed by atoms with Gasteiger partial charge in [-0.25, -0.2) is 9.78 Å². The summed E-state index contributed by atoms with van der Waals surface area (Å²) in [7, 11) is 1.36. The van der Waals surface area contributed by atoms with E-state index >= 15 is 0 Å². The second-order valence-electron chi connectivity index (χ2n) is 7.12. The van der Waals surface area contributed by atoms with E-state index in [0.717, 1.165) is 43.5 Å². The number of hydrogen-bond donors (Lipinski definition) is 0. The van der Waals surface area contributed by atoms with Crippen molar-refractivity contribution >= 4 is 23.2 Å². The molecule has 5 nitrogen and oxygen atoms in total. The predicted molar refractivity (Wildman–Crippen MR) is 104 cm³/mol. The third kappa shape index (κ3) is 5.53. The van der Waals surface area contributed by atoms with Gasteiger partial charge in [0.25, 0.3) is 0 Å². The van der Waals surface area contributed by atoms with Gasteiger partial charge in [0.1, 0.15) is 5.01 Å². The molecule has 1 saturated carbocycles. The molecule has 1 atom stereocenters. The molecule has 146 valence electrons. The number of carbonyl (C=O) groups is 2. The maximum Gasteiger partial charge on any atom is 0.357 e. The Morgan fingerprint density at radius 3 is 2.65 bits per heavy atom. The lowest BCUT2D eigenvalue weighted by molar-refractivity contribution is -0.139. The Morgan fingerprint density at radius 1 is 1.31 bits per heavy atom. The molecule has 0 N–H and O–H groups in total. The van der Waals surface area contributed by atoms with Crippen LogP contribution in [0.15, 0.2) is 5.38 Å². The molecule has 26 heavy (non-hydrogen) atoms. The van der Waals surface area contributed by atoms with Crippen LogP contribution in [0.3, 0.4) is 0 Å². The minimum absolute atomic E-state index is 0.0944. The Kier molecular flexibility index (Phi) is 8.55. The monoisotopic (exact) mass is 380 g/mol. The Bertz CT molecular complexity index is 581. The molecule has 0 aliphatic heterocycles. The summed E-state index contributed by atoms with van der Waals surface area (Å²) in [5.74, 6) is -0.0583. The summed E-state index contributed by atoms with van der Waals surface area (Å²) in [5, 5.41) is 2.54. The van der Waals surface area contributed by atoms with Crippen LogP contribution in [0.5, 0.6) is 0 Å². The first kappa shape index (κ1) is 20.9. The fourth-order valence-corrected chi connectivity index (χ4v) is 4.46. The number of unbranched alkanes of at least 4 members (excludes halogenated alkanes) is 1. The molecule has 1 aromatic heterocycles. The van der Waals surface area contributed by atoms with Crippen molar-refractivity contribution in [2.75, 3.05) is 7.11 Å². The first-order valence-corrected chi connectivity index (χ1v) is 10.8. The summed E-state index contributed by atoms with van der Waals surface area (Å²) in [6, 6.07) is 0.303. The SMILES string of the molecule is CCCCC(CC)C(=O)N(Cc1nc(C(=O)OC)cs1)C1CCCCC1. The van der Waals surface area contributed by atoms with Crippen molar-refractivity contribution in [1.29, 1.82) is 0 Å². The number of carbonyl (C=O) groups excluding carboxylic acids is 2. The van der Waals surface area contributed by atoms with Crippen molar-refractivity contribution in [1.82, 2.24) is 9.88 Å². The van der Waals surface area contributed by atoms with Gasteiger partial charge in [0.05, 0.1) is 13.7 Å². The van der Waals surface area contributed by atoms with Crippen LogP contribution >= 0.6 is 11.3 Å². The number of methoxy groups -OCH3 is 1. The zero-order valence-corrected chi connectivity index (χ0v) is 17.1. The van der Waals surface area contributed by atoms with E-state index in [1.54, 1.807) is 5.38 Å². The number of nitrogens with zero attached hydrogens (tertiary/aromatic N) is 2. The van der Waals surface area contributed by atoms with E-state index in [-0.39, 0.29) is 11.8 Å². The predicted octanol–water partition coefficient (Wildman–Crippen LogP) is 4.81. The molecule has 1 aromatic rings. The van der Waals surface area contributed by atoms with Gasteiger partial charge >= 0.3 is 5.97 Å². The van der Waals surface area contributed by atoms with Gasteiger partial charge in [-0.2, -0.15) is 0 Å². The smallest absolute Gasteiger partial charge is 0.357 e. The molecule has 0 spiro atoms. The average Bonchev–Trinajstić information content (AvgIpc) is 3.15. The molecule has 1 aliphatic rings. The van der Waals surface area contributed by atoms with E-state index in [1.165, 1.54) is 37.7 Å². The second kappa shape index (κ2) is 10.7. The van der Waals surface area contributed by atoms with E-state index in [9.17, 15) is 9.59 Å². The van der Waals surface area contributed by atoms with Crippen LogP contribution in [0.4, 0.5) is 0 Å². The van der Waals surface area contributed by atoms with E-state index in [2.05, 4.69) is 23.7 Å². The highest BCUT2D eigenvalue weighted by atomic mass is 32.1. The highest BCUT2D eigenvalue weighted by Crippen LogP contribution is 2.28. The third-order valence-corrected chi connectivity index (χ3v) is 6.13. The number of hydrogen-bond acceptors (Lipinski definition) is 5. The maximum absolute atomic E-state index is 13.3. The molecule has 1 unspecified atom stereocenters. The second-order valence-corrected chi connectivity index (χ2v) is 8.07. The van der Waals surface area contributed by atoms with Crippen molar-refractivity contribution in [3.63, 3.8) is 0 Å². The number of amides is 1. The van der Waals surface area contributed by atoms with Crippen molar-refractivity contribution in [2.45, 2.75) is 84.2 Å². The Labute approximate surface area is 161 Å². The van der Waals surface area contributed by atoms with E-state index in [0.29, 0.717) is 18.3 Å². The quantitative estimate of drug-likeness (QED) is 0.577. The fraction of sp³-hybridized carbons (Fsp3) is 0.750. The molecular formula is C20H32N2O3S. The summed E-state index contributed by atoms with van der Waals surface area (Å²) in [6.07, 6.45) is 9.82. The molecule has 1 fully saturated rings. The van der Waals surface area contributed by atoms with Crippen LogP contribution in [0.25, 0.3) is 0 Å². The Hall–Kier alpha value is -1.43. The average molecular weight is 381 g/mol. The first-order valence-electron chi connectivity index (χ1n) is 9.93. The van der Waals surface area contributed by atoms with Crippen molar-refractivity contribution in [2.24, 2.45) is 5.92 Å². The van der Waals surface area contributed by atoms with Gasteiger partial charge in [0, 0.05) is 17.3 Å². The minimum Gasteiger partial charge on any atom is -0.464 e. The van der Waals surface area contributed by atoms with Crippen molar-refractivity contribution in [3.8, 4) is 0 Å². The zero-order valence-electron chi connectivity index (χ0n) is 16.3. The summed E-state index contributed by atoms with van der Waals surface area (Å²) >= 11 is 1.43. The highest BCUT2D eigenvalue weighted by Gasteiger charge is 2.30. The third-order valence-electron chi connectivity index (χ3n) is 5.30. The molecule has 0 bridgehead atoms. The number of ether oxygens (including phenoxy) is 1. The van der Waals surface area contributed by atoms with Crippen molar-refractivity contribution < 1.29 is 14.3 Å². The van der Waals surface area contributed by atoms with Crippen LogP contribution in [0, 0.1) is 5.92 Å². The molecule has 0 saturated heterocycles. The molecular weight excluding hydrogens is 348 g/mol. The highest BCUT2D eigenvalue weighted by molar-refractivity contribution is 7.09. The largest absolute Gasteiger partial charge is 0.464 e. The zero-order chi connectivity index (χ0) is 18.9. The standard InChI is InChI=1S/C20H32N2O3S/c1-4-6-10-15(5-2)19(23)22(16-11-8-7-9-12-16)13-18-21-17(14-26-18)20(24)25-3/h14-16H,4-13H2,1-3H3. The molecule has 1 amide bonds. The molecule has 0 radical (unpaired) electrons. The van der Waals surface area contributed by atoms with Crippen LogP contribution in [0.2, 0.25) is 0 Å². The fourth-order valence-electron chi connectivity index (χ4n) is 3.69. The van der Waals surface area contributed by atoms with Crippen LogP contribution in [-0.2, 0) is 16.1 Å². The molecule has 1 aliphatic carbocycles. The van der Waals surface area contributed by atoms with Crippen LogP contribution in [0.1, 0.15) is 87.1 Å². The normalized spacial score (nSPS) is 16.3. The van der Waals surface area contributed by atoms with Gasteiger partial charge in [-0.3, -0.25) is 4.79 Å². The van der Waals surface area contributed by atoms with E-state index < -0.39 is 5.97 Å². The number of rotatable bonds is 9. The van der Waals surface area contributed by atoms with E-state index in [4.69, 9.17) is 4.74 Å². The van der Waals surface area contributed by atoms with E-state index in [1.807, 2.05) is 0 Å². The molecule has 0 aromatic carbocycles. The van der Waals surface area contributed by atoms with Gasteiger partial charge in [-0.1, -0.05) is 46.0 Å². The minimum atomic E-state index is -0.419. The lowest BCUT2D eigenvalue weighted by atomic mass is 9.91. The number of esters is 1. The summed E-state index contributed by atoms with van der Waals surface area (Å²) < 4.78 is 4.74. The number of thiazole rings is 1. The summed E-state index contributed by atoms with van der Waals surface area (Å²) in [4.78, 5) is 31.4. The maximum atomic E-state index is 13.3. The Morgan fingerprint density at radius 2 is 2.04 bits per heavy atom. The van der Waals surface area contributed by atoms with Crippen LogP contribution < -0.4 is 0 Å². The van der Waals surface area contributed by atoms with Gasteiger partial charge in [-0.15, -0.1) is 11.3 Å². The lowest BCUT2D eigenvalue weighted by Gasteiger charge is -2.36. The van der Waals surface area contributed by atoms with Gasteiger partial charge < -0.3 is 9.64 Å². The van der Waals surface area contributed by atoms with Gasteiger partial charge in [0.2, 0.25) is 5.91 Å². The van der Waals surface area contributed by atoms with Crippen LogP contribution in [-0.4, -0.2) is 34.9 Å². The summed E-state index contributed by atoms with van der Waals surface area (Å²) in [6.45, 7) is 4.78. The lowest BCUT2D eigenvalue weighted by Crippen LogP contribution is -2.44. The first-order chi connectivity index (χ1) is 12.6. The topological polar surface area (TPSA) is 59.5 Å². The summed E-state index contributed by atoms with van der Waals surface area (Å²) in [5.41, 5.74) is 0.335. The molecule has 1 heterocycles. The van der Waals surface area contributed by atoms with Gasteiger partial charge in [0.15, 0.2) is 5.69 Å². The number of aromatic nitrogens is 1. The molecule has 2 rings (SSSR count). The Balaban J connectivity index is 2.15. The van der Waals surface area contributed by atoms with Crippen molar-refractivity contribution in [3.05, 3.63) is 16.1 Å². The van der Waals surface area contributed by atoms with Gasteiger partial charge in [-0.05, 0) is 25.7 Å². The molecule has 6 heteroatoms.